The van der Waals surface area contributed by atoms with Crippen LogP contribution >= 0.6 is 0 Å². The second kappa shape index (κ2) is 6.08. The summed E-state index contributed by atoms with van der Waals surface area (Å²) in [7, 11) is -3.33. The SMILES string of the molecule is CC(C)C1CCCN1S(=O)(=O)N1CCCCC1CN. The highest BCUT2D eigenvalue weighted by atomic mass is 32.2. The molecule has 2 unspecified atom stereocenters. The molecule has 0 saturated carbocycles. The van der Waals surface area contributed by atoms with Crippen molar-refractivity contribution in [2.24, 2.45) is 11.7 Å². The average molecular weight is 289 g/mol. The Kier molecular flexibility index (Phi) is 4.87. The molecule has 0 aromatic rings. The van der Waals surface area contributed by atoms with Gasteiger partial charge in [0.05, 0.1) is 0 Å². The van der Waals surface area contributed by atoms with E-state index in [0.29, 0.717) is 25.6 Å². The number of rotatable bonds is 4. The molecule has 0 bridgehead atoms. The van der Waals surface area contributed by atoms with Crippen molar-refractivity contribution < 1.29 is 8.42 Å². The van der Waals surface area contributed by atoms with Crippen molar-refractivity contribution in [3.63, 3.8) is 0 Å². The average Bonchev–Trinajstić information content (AvgIpc) is 2.88. The third-order valence-electron chi connectivity index (χ3n) is 4.46. The molecule has 0 spiro atoms. The zero-order valence-corrected chi connectivity index (χ0v) is 12.9. The summed E-state index contributed by atoms with van der Waals surface area (Å²) in [5, 5.41) is 0. The number of piperidine rings is 1. The lowest BCUT2D eigenvalue weighted by Gasteiger charge is -2.38. The molecule has 6 heteroatoms. The molecule has 2 atom stereocenters. The maximum Gasteiger partial charge on any atom is 0.282 e. The van der Waals surface area contributed by atoms with E-state index in [2.05, 4.69) is 13.8 Å². The van der Waals surface area contributed by atoms with Gasteiger partial charge < -0.3 is 5.73 Å². The van der Waals surface area contributed by atoms with Gasteiger partial charge in [-0.2, -0.15) is 17.0 Å². The molecule has 5 nitrogen and oxygen atoms in total. The Bertz CT molecular complexity index is 389. The van der Waals surface area contributed by atoms with E-state index in [9.17, 15) is 8.42 Å². The van der Waals surface area contributed by atoms with Crippen LogP contribution in [-0.4, -0.2) is 48.7 Å². The minimum absolute atomic E-state index is 0.00726. The summed E-state index contributed by atoms with van der Waals surface area (Å²) in [4.78, 5) is 0. The zero-order valence-electron chi connectivity index (χ0n) is 12.1. The van der Waals surface area contributed by atoms with Crippen molar-refractivity contribution in [2.45, 2.75) is 58.0 Å². The van der Waals surface area contributed by atoms with Crippen LogP contribution in [0.2, 0.25) is 0 Å². The fraction of sp³-hybridized carbons (Fsp3) is 1.00. The first-order chi connectivity index (χ1) is 8.98. The summed E-state index contributed by atoms with van der Waals surface area (Å²) in [6.45, 7) is 5.94. The van der Waals surface area contributed by atoms with Crippen LogP contribution in [0.1, 0.15) is 46.0 Å². The predicted octanol–water partition coefficient (Wildman–Crippen LogP) is 1.16. The highest BCUT2D eigenvalue weighted by molar-refractivity contribution is 7.86. The summed E-state index contributed by atoms with van der Waals surface area (Å²) < 4.78 is 29.1. The maximum absolute atomic E-state index is 12.9. The Balaban J connectivity index is 2.20. The van der Waals surface area contributed by atoms with Gasteiger partial charge in [-0.3, -0.25) is 0 Å². The Hall–Kier alpha value is -0.170. The van der Waals surface area contributed by atoms with Crippen LogP contribution in [0.4, 0.5) is 0 Å². The van der Waals surface area contributed by atoms with Crippen LogP contribution < -0.4 is 5.73 Å². The third-order valence-corrected chi connectivity index (χ3v) is 6.58. The second-order valence-electron chi connectivity index (χ2n) is 6.07. The maximum atomic E-state index is 12.9. The van der Waals surface area contributed by atoms with Gasteiger partial charge in [-0.05, 0) is 31.6 Å². The fourth-order valence-electron chi connectivity index (χ4n) is 3.37. The minimum atomic E-state index is -3.33. The van der Waals surface area contributed by atoms with Crippen molar-refractivity contribution in [3.8, 4) is 0 Å². The largest absolute Gasteiger partial charge is 0.329 e. The molecule has 2 aliphatic rings. The van der Waals surface area contributed by atoms with Gasteiger partial charge in [0.25, 0.3) is 10.2 Å². The van der Waals surface area contributed by atoms with Crippen LogP contribution in [-0.2, 0) is 10.2 Å². The number of nitrogens with zero attached hydrogens (tertiary/aromatic N) is 2. The number of nitrogens with two attached hydrogens (primary N) is 1. The molecule has 0 amide bonds. The van der Waals surface area contributed by atoms with Gasteiger partial charge in [-0.1, -0.05) is 20.3 Å². The van der Waals surface area contributed by atoms with E-state index in [4.69, 9.17) is 5.73 Å². The first-order valence-corrected chi connectivity index (χ1v) is 8.87. The Morgan fingerprint density at radius 3 is 2.42 bits per heavy atom. The van der Waals surface area contributed by atoms with E-state index in [-0.39, 0.29) is 12.1 Å². The molecule has 2 saturated heterocycles. The molecule has 2 N–H and O–H groups in total. The minimum Gasteiger partial charge on any atom is -0.329 e. The Morgan fingerprint density at radius 2 is 1.79 bits per heavy atom. The Labute approximate surface area is 117 Å². The molecule has 0 aliphatic carbocycles. The summed E-state index contributed by atoms with van der Waals surface area (Å²) >= 11 is 0. The molecule has 19 heavy (non-hydrogen) atoms. The smallest absolute Gasteiger partial charge is 0.282 e. The van der Waals surface area contributed by atoms with E-state index < -0.39 is 10.2 Å². The highest BCUT2D eigenvalue weighted by Gasteiger charge is 2.42. The predicted molar refractivity (Wildman–Crippen MR) is 76.9 cm³/mol. The monoisotopic (exact) mass is 289 g/mol. The molecule has 112 valence electrons. The van der Waals surface area contributed by atoms with Gasteiger partial charge in [0, 0.05) is 31.7 Å². The van der Waals surface area contributed by atoms with Crippen molar-refractivity contribution in [1.29, 1.82) is 0 Å². The van der Waals surface area contributed by atoms with Crippen LogP contribution in [0.25, 0.3) is 0 Å². The quantitative estimate of drug-likeness (QED) is 0.844. The number of hydrogen-bond acceptors (Lipinski definition) is 3. The third kappa shape index (κ3) is 2.96. The van der Waals surface area contributed by atoms with E-state index >= 15 is 0 Å². The molecular formula is C13H27N3O2S. The molecule has 0 aromatic heterocycles. The van der Waals surface area contributed by atoms with Crippen molar-refractivity contribution in [3.05, 3.63) is 0 Å². The van der Waals surface area contributed by atoms with Gasteiger partial charge >= 0.3 is 0 Å². The lowest BCUT2D eigenvalue weighted by molar-refractivity contribution is 0.222. The summed E-state index contributed by atoms with van der Waals surface area (Å²) in [6, 6.07) is 0.150. The Morgan fingerprint density at radius 1 is 1.11 bits per heavy atom. The highest BCUT2D eigenvalue weighted by Crippen LogP contribution is 2.30. The molecule has 2 rings (SSSR count). The molecular weight excluding hydrogens is 262 g/mol. The van der Waals surface area contributed by atoms with Crippen molar-refractivity contribution >= 4 is 10.2 Å². The number of hydrogen-bond donors (Lipinski definition) is 1. The van der Waals surface area contributed by atoms with Gasteiger partial charge in [-0.25, -0.2) is 0 Å². The summed E-state index contributed by atoms with van der Waals surface area (Å²) in [6.07, 6.45) is 4.90. The molecule has 2 aliphatic heterocycles. The van der Waals surface area contributed by atoms with Crippen molar-refractivity contribution in [2.75, 3.05) is 19.6 Å². The first-order valence-electron chi connectivity index (χ1n) is 7.47. The summed E-state index contributed by atoms with van der Waals surface area (Å²) in [5.41, 5.74) is 5.76. The van der Waals surface area contributed by atoms with Crippen LogP contribution in [0.15, 0.2) is 0 Å². The molecule has 2 heterocycles. The van der Waals surface area contributed by atoms with Crippen LogP contribution in [0.5, 0.6) is 0 Å². The van der Waals surface area contributed by atoms with E-state index in [1.165, 1.54) is 0 Å². The van der Waals surface area contributed by atoms with E-state index in [1.54, 1.807) is 8.61 Å². The standard InChI is InChI=1S/C13H27N3O2S/c1-11(2)13-7-5-9-16(13)19(17,18)15-8-4-3-6-12(15)10-14/h11-13H,3-10,14H2,1-2H3. The van der Waals surface area contributed by atoms with Gasteiger partial charge in [0.15, 0.2) is 0 Å². The molecule has 0 radical (unpaired) electrons. The first kappa shape index (κ1) is 15.2. The molecule has 2 fully saturated rings. The second-order valence-corrected chi connectivity index (χ2v) is 7.90. The fourth-order valence-corrected chi connectivity index (χ4v) is 5.61. The summed E-state index contributed by atoms with van der Waals surface area (Å²) in [5.74, 6) is 0.374. The lowest BCUT2D eigenvalue weighted by Crippen LogP contribution is -2.54. The lowest BCUT2D eigenvalue weighted by atomic mass is 10.0. The van der Waals surface area contributed by atoms with Crippen molar-refractivity contribution in [1.82, 2.24) is 8.61 Å². The van der Waals surface area contributed by atoms with Crippen LogP contribution in [0, 0.1) is 5.92 Å². The van der Waals surface area contributed by atoms with E-state index in [0.717, 1.165) is 32.1 Å². The molecule has 0 aromatic carbocycles. The van der Waals surface area contributed by atoms with E-state index in [1.807, 2.05) is 0 Å². The normalized spacial score (nSPS) is 31.2. The topological polar surface area (TPSA) is 66.6 Å². The van der Waals surface area contributed by atoms with Crippen LogP contribution in [0.3, 0.4) is 0 Å². The van der Waals surface area contributed by atoms with Gasteiger partial charge in [0.2, 0.25) is 0 Å². The van der Waals surface area contributed by atoms with Gasteiger partial charge in [0.1, 0.15) is 0 Å². The van der Waals surface area contributed by atoms with Gasteiger partial charge in [-0.15, -0.1) is 0 Å². The zero-order chi connectivity index (χ0) is 14.0.